The van der Waals surface area contributed by atoms with Gasteiger partial charge in [0.05, 0.1) is 11.1 Å². The first kappa shape index (κ1) is 22.1. The number of fused-ring (bicyclic) bond motifs is 1. The standard InChI is InChI=1S/C23H31N7O2S/c1-29(2)33(31,32)19-11-9-18(10-12-19)27-22-13-21(26-17-7-5-16(24)6-8-17)28-23-20(15-3-4-15)14-25-30(22)23/h9-17,27H,3-8,24H2,1-2H3,(H,26,28)/t16-,17-. The fourth-order valence-corrected chi connectivity index (χ4v) is 5.27. The molecule has 0 bridgehead atoms. The third kappa shape index (κ3) is 4.55. The van der Waals surface area contributed by atoms with E-state index in [0.29, 0.717) is 18.0 Å². The molecule has 0 unspecified atom stereocenters. The molecule has 0 aliphatic heterocycles. The van der Waals surface area contributed by atoms with E-state index < -0.39 is 10.0 Å². The van der Waals surface area contributed by atoms with Crippen LogP contribution in [0.3, 0.4) is 0 Å². The van der Waals surface area contributed by atoms with Gasteiger partial charge in [-0.15, -0.1) is 0 Å². The van der Waals surface area contributed by atoms with Crippen LogP contribution in [0.2, 0.25) is 0 Å². The lowest BCUT2D eigenvalue weighted by atomic mass is 9.92. The molecule has 33 heavy (non-hydrogen) atoms. The van der Waals surface area contributed by atoms with Gasteiger partial charge in [0.2, 0.25) is 10.0 Å². The molecule has 0 radical (unpaired) electrons. The molecular weight excluding hydrogens is 438 g/mol. The number of benzene rings is 1. The molecule has 5 rings (SSSR count). The Balaban J connectivity index is 1.45. The smallest absolute Gasteiger partial charge is 0.242 e. The van der Waals surface area contributed by atoms with Crippen molar-refractivity contribution in [3.8, 4) is 0 Å². The molecule has 10 heteroatoms. The monoisotopic (exact) mass is 469 g/mol. The Labute approximate surface area is 194 Å². The van der Waals surface area contributed by atoms with Gasteiger partial charge in [-0.05, 0) is 68.7 Å². The molecule has 2 saturated carbocycles. The van der Waals surface area contributed by atoms with Crippen LogP contribution >= 0.6 is 0 Å². The maximum atomic E-state index is 12.4. The van der Waals surface area contributed by atoms with Crippen LogP contribution in [0.4, 0.5) is 17.3 Å². The van der Waals surface area contributed by atoms with E-state index in [0.717, 1.165) is 48.7 Å². The van der Waals surface area contributed by atoms with Crippen LogP contribution in [0.5, 0.6) is 0 Å². The number of nitrogens with zero attached hydrogens (tertiary/aromatic N) is 4. The zero-order valence-electron chi connectivity index (χ0n) is 19.0. The van der Waals surface area contributed by atoms with Gasteiger partial charge in [0.15, 0.2) is 5.65 Å². The van der Waals surface area contributed by atoms with Gasteiger partial charge in [-0.2, -0.15) is 9.61 Å². The number of rotatable bonds is 7. The van der Waals surface area contributed by atoms with Gasteiger partial charge in [0, 0.05) is 43.5 Å². The first-order chi connectivity index (χ1) is 15.8. The van der Waals surface area contributed by atoms with Crippen molar-refractivity contribution in [1.82, 2.24) is 18.9 Å². The fraction of sp³-hybridized carbons (Fsp3) is 0.478. The van der Waals surface area contributed by atoms with Crippen molar-refractivity contribution in [3.63, 3.8) is 0 Å². The van der Waals surface area contributed by atoms with E-state index in [1.165, 1.54) is 36.8 Å². The first-order valence-corrected chi connectivity index (χ1v) is 13.0. The highest BCUT2D eigenvalue weighted by Crippen LogP contribution is 2.42. The second-order valence-corrected chi connectivity index (χ2v) is 11.5. The van der Waals surface area contributed by atoms with E-state index in [1.54, 1.807) is 24.3 Å². The molecule has 1 aromatic carbocycles. The molecule has 0 amide bonds. The van der Waals surface area contributed by atoms with E-state index >= 15 is 0 Å². The average molecular weight is 470 g/mol. The van der Waals surface area contributed by atoms with Gasteiger partial charge < -0.3 is 16.4 Å². The lowest BCUT2D eigenvalue weighted by Crippen LogP contribution is -2.33. The Morgan fingerprint density at radius 2 is 1.76 bits per heavy atom. The predicted octanol–water partition coefficient (Wildman–Crippen LogP) is 3.28. The van der Waals surface area contributed by atoms with Crippen LogP contribution in [0.15, 0.2) is 41.4 Å². The van der Waals surface area contributed by atoms with Gasteiger partial charge in [-0.25, -0.2) is 17.7 Å². The van der Waals surface area contributed by atoms with Crippen molar-refractivity contribution >= 4 is 33.0 Å². The van der Waals surface area contributed by atoms with Gasteiger partial charge in [0.1, 0.15) is 11.6 Å². The minimum absolute atomic E-state index is 0.255. The number of hydrogen-bond donors (Lipinski definition) is 3. The van der Waals surface area contributed by atoms with Crippen LogP contribution in [0.1, 0.15) is 50.0 Å². The Morgan fingerprint density at radius 3 is 2.39 bits per heavy atom. The highest BCUT2D eigenvalue weighted by atomic mass is 32.2. The number of nitrogens with two attached hydrogens (primary N) is 1. The lowest BCUT2D eigenvalue weighted by molar-refractivity contribution is 0.410. The molecular formula is C23H31N7O2S. The second-order valence-electron chi connectivity index (χ2n) is 9.33. The summed E-state index contributed by atoms with van der Waals surface area (Å²) >= 11 is 0. The molecule has 0 saturated heterocycles. The normalized spacial score (nSPS) is 21.5. The Kier molecular flexibility index (Phi) is 5.75. The molecule has 2 fully saturated rings. The highest BCUT2D eigenvalue weighted by Gasteiger charge is 2.29. The number of hydrogen-bond acceptors (Lipinski definition) is 7. The molecule has 2 aromatic heterocycles. The summed E-state index contributed by atoms with van der Waals surface area (Å²) in [5, 5.41) is 11.6. The minimum Gasteiger partial charge on any atom is -0.367 e. The van der Waals surface area contributed by atoms with Gasteiger partial charge >= 0.3 is 0 Å². The molecule has 9 nitrogen and oxygen atoms in total. The summed E-state index contributed by atoms with van der Waals surface area (Å²) in [5.41, 5.74) is 8.89. The number of anilines is 3. The zero-order valence-corrected chi connectivity index (χ0v) is 19.8. The second kappa shape index (κ2) is 8.58. The van der Waals surface area contributed by atoms with Gasteiger partial charge in [-0.3, -0.25) is 0 Å². The molecule has 2 heterocycles. The van der Waals surface area contributed by atoms with Crippen molar-refractivity contribution in [1.29, 1.82) is 0 Å². The summed E-state index contributed by atoms with van der Waals surface area (Å²) in [6, 6.07) is 9.38. The van der Waals surface area contributed by atoms with Crippen molar-refractivity contribution in [3.05, 3.63) is 42.1 Å². The SMILES string of the molecule is CN(C)S(=O)(=O)c1ccc(Nc2cc(N[C@H]3CC[C@H](N)CC3)nc3c(C4CC4)cnn23)cc1. The maximum absolute atomic E-state index is 12.4. The molecule has 0 atom stereocenters. The van der Waals surface area contributed by atoms with E-state index in [-0.39, 0.29) is 4.90 Å². The third-order valence-electron chi connectivity index (χ3n) is 6.55. The summed E-state index contributed by atoms with van der Waals surface area (Å²) in [6.45, 7) is 0. The van der Waals surface area contributed by atoms with Crippen molar-refractivity contribution in [2.24, 2.45) is 5.73 Å². The van der Waals surface area contributed by atoms with Crippen molar-refractivity contribution in [2.75, 3.05) is 24.7 Å². The summed E-state index contributed by atoms with van der Waals surface area (Å²) in [5.74, 6) is 2.13. The van der Waals surface area contributed by atoms with E-state index in [1.807, 2.05) is 16.8 Å². The van der Waals surface area contributed by atoms with Crippen LogP contribution in [-0.4, -0.2) is 53.5 Å². The summed E-state index contributed by atoms with van der Waals surface area (Å²) in [6.07, 6.45) is 8.38. The van der Waals surface area contributed by atoms with Crippen LogP contribution < -0.4 is 16.4 Å². The van der Waals surface area contributed by atoms with Gasteiger partial charge in [-0.1, -0.05) is 0 Å². The largest absolute Gasteiger partial charge is 0.367 e. The van der Waals surface area contributed by atoms with E-state index in [9.17, 15) is 8.42 Å². The van der Waals surface area contributed by atoms with Gasteiger partial charge in [0.25, 0.3) is 0 Å². The topological polar surface area (TPSA) is 118 Å². The van der Waals surface area contributed by atoms with Crippen molar-refractivity contribution < 1.29 is 8.42 Å². The minimum atomic E-state index is -3.47. The molecule has 3 aromatic rings. The first-order valence-electron chi connectivity index (χ1n) is 11.5. The van der Waals surface area contributed by atoms with E-state index in [4.69, 9.17) is 10.7 Å². The molecule has 2 aliphatic rings. The quantitative estimate of drug-likeness (QED) is 0.486. The Bertz CT molecular complexity index is 1240. The number of aromatic nitrogens is 3. The Morgan fingerprint density at radius 1 is 1.06 bits per heavy atom. The summed E-state index contributed by atoms with van der Waals surface area (Å²) in [4.78, 5) is 5.17. The van der Waals surface area contributed by atoms with Crippen molar-refractivity contribution in [2.45, 2.75) is 61.4 Å². The molecule has 4 N–H and O–H groups in total. The maximum Gasteiger partial charge on any atom is 0.242 e. The number of sulfonamides is 1. The molecule has 2 aliphatic carbocycles. The lowest BCUT2D eigenvalue weighted by Gasteiger charge is -2.27. The molecule has 176 valence electrons. The summed E-state index contributed by atoms with van der Waals surface area (Å²) < 4.78 is 27.8. The third-order valence-corrected chi connectivity index (χ3v) is 8.37. The number of nitrogens with one attached hydrogen (secondary N) is 2. The predicted molar refractivity (Wildman–Crippen MR) is 129 cm³/mol. The van der Waals surface area contributed by atoms with Crippen LogP contribution in [0.25, 0.3) is 5.65 Å². The fourth-order valence-electron chi connectivity index (χ4n) is 4.37. The van der Waals surface area contributed by atoms with Crippen LogP contribution in [0, 0.1) is 0 Å². The zero-order chi connectivity index (χ0) is 23.2. The Hall–Kier alpha value is -2.69. The highest BCUT2D eigenvalue weighted by molar-refractivity contribution is 7.89. The summed E-state index contributed by atoms with van der Waals surface area (Å²) in [7, 11) is -0.415. The van der Waals surface area contributed by atoms with E-state index in [2.05, 4.69) is 15.7 Å². The average Bonchev–Trinajstić information content (AvgIpc) is 3.54. The molecule has 0 spiro atoms. The van der Waals surface area contributed by atoms with Crippen LogP contribution in [-0.2, 0) is 10.0 Å².